The number of aromatic nitrogens is 2. The fourth-order valence-corrected chi connectivity index (χ4v) is 1.70. The number of halogens is 1. The molecule has 0 aliphatic carbocycles. The Morgan fingerprint density at radius 1 is 1.33 bits per heavy atom. The van der Waals surface area contributed by atoms with Crippen molar-refractivity contribution in [2.24, 2.45) is 0 Å². The topological polar surface area (TPSA) is 41.9 Å². The summed E-state index contributed by atoms with van der Waals surface area (Å²) in [7, 11) is 1.76. The van der Waals surface area contributed by atoms with Crippen LogP contribution in [0.25, 0.3) is 0 Å². The van der Waals surface area contributed by atoms with E-state index in [2.05, 4.69) is 15.7 Å². The van der Waals surface area contributed by atoms with E-state index in [1.54, 1.807) is 7.05 Å². The standard InChI is InChI=1S/C12H13ClN4S/c1-14-12(18)15-11-6-7-17(16-11)8-9-2-4-10(13)5-3-9/h2-7H,8H2,1H3,(H2,14,15,16,18). The van der Waals surface area contributed by atoms with Gasteiger partial charge in [-0.2, -0.15) is 5.10 Å². The Kier molecular flexibility index (Phi) is 4.17. The second-order valence-corrected chi connectivity index (χ2v) is 4.57. The first-order valence-electron chi connectivity index (χ1n) is 5.44. The molecule has 0 amide bonds. The highest BCUT2D eigenvalue weighted by Crippen LogP contribution is 2.11. The van der Waals surface area contributed by atoms with E-state index >= 15 is 0 Å². The zero-order valence-corrected chi connectivity index (χ0v) is 11.4. The summed E-state index contributed by atoms with van der Waals surface area (Å²) in [6.07, 6.45) is 1.90. The maximum atomic E-state index is 5.84. The van der Waals surface area contributed by atoms with E-state index in [0.717, 1.165) is 16.4 Å². The predicted molar refractivity (Wildman–Crippen MR) is 78.1 cm³/mol. The van der Waals surface area contributed by atoms with Gasteiger partial charge in [-0.05, 0) is 29.9 Å². The van der Waals surface area contributed by atoms with Gasteiger partial charge in [0.05, 0.1) is 6.54 Å². The van der Waals surface area contributed by atoms with E-state index in [-0.39, 0.29) is 0 Å². The number of nitrogens with zero attached hydrogens (tertiary/aromatic N) is 2. The molecule has 1 aromatic carbocycles. The lowest BCUT2D eigenvalue weighted by molar-refractivity contribution is 0.690. The molecule has 0 fully saturated rings. The summed E-state index contributed by atoms with van der Waals surface area (Å²) in [5.41, 5.74) is 1.14. The molecule has 1 heterocycles. The van der Waals surface area contributed by atoms with Crippen molar-refractivity contribution < 1.29 is 0 Å². The highest BCUT2D eigenvalue weighted by molar-refractivity contribution is 7.80. The van der Waals surface area contributed by atoms with Crippen LogP contribution in [0.5, 0.6) is 0 Å². The van der Waals surface area contributed by atoms with Crippen molar-refractivity contribution >= 4 is 34.7 Å². The van der Waals surface area contributed by atoms with Crippen molar-refractivity contribution in [1.29, 1.82) is 0 Å². The Morgan fingerprint density at radius 2 is 2.06 bits per heavy atom. The van der Waals surface area contributed by atoms with Crippen molar-refractivity contribution in [1.82, 2.24) is 15.1 Å². The highest BCUT2D eigenvalue weighted by atomic mass is 35.5. The Morgan fingerprint density at radius 3 is 2.72 bits per heavy atom. The number of thiocarbonyl (C=S) groups is 1. The molecule has 18 heavy (non-hydrogen) atoms. The van der Waals surface area contributed by atoms with Crippen LogP contribution >= 0.6 is 23.8 Å². The SMILES string of the molecule is CNC(=S)Nc1ccn(Cc2ccc(Cl)cc2)n1. The number of hydrogen-bond donors (Lipinski definition) is 2. The van der Waals surface area contributed by atoms with E-state index in [4.69, 9.17) is 23.8 Å². The summed E-state index contributed by atoms with van der Waals surface area (Å²) in [6, 6.07) is 9.58. The minimum absolute atomic E-state index is 0.548. The largest absolute Gasteiger partial charge is 0.365 e. The first-order valence-corrected chi connectivity index (χ1v) is 6.22. The number of rotatable bonds is 3. The van der Waals surface area contributed by atoms with Gasteiger partial charge in [0, 0.05) is 24.3 Å². The van der Waals surface area contributed by atoms with Gasteiger partial charge in [0.2, 0.25) is 0 Å². The Balaban J connectivity index is 2.02. The summed E-state index contributed by atoms with van der Waals surface area (Å²) in [4.78, 5) is 0. The molecular formula is C12H13ClN4S. The minimum atomic E-state index is 0.548. The molecule has 0 saturated carbocycles. The lowest BCUT2D eigenvalue weighted by atomic mass is 10.2. The molecule has 0 aliphatic rings. The number of benzene rings is 1. The van der Waals surface area contributed by atoms with Crippen LogP contribution in [0.15, 0.2) is 36.5 Å². The first kappa shape index (κ1) is 12.9. The van der Waals surface area contributed by atoms with Gasteiger partial charge in [-0.1, -0.05) is 23.7 Å². The second-order valence-electron chi connectivity index (χ2n) is 3.73. The fraction of sp³-hybridized carbons (Fsp3) is 0.167. The van der Waals surface area contributed by atoms with E-state index < -0.39 is 0 Å². The van der Waals surface area contributed by atoms with Crippen LogP contribution in [0, 0.1) is 0 Å². The fourth-order valence-electron chi connectivity index (χ4n) is 1.47. The molecule has 0 saturated heterocycles. The van der Waals surface area contributed by atoms with Gasteiger partial charge in [0.15, 0.2) is 10.9 Å². The quantitative estimate of drug-likeness (QED) is 0.848. The molecule has 0 bridgehead atoms. The molecule has 6 heteroatoms. The highest BCUT2D eigenvalue weighted by Gasteiger charge is 2.01. The lowest BCUT2D eigenvalue weighted by Gasteiger charge is -2.04. The van der Waals surface area contributed by atoms with Gasteiger partial charge in [0.1, 0.15) is 0 Å². The third kappa shape index (κ3) is 3.45. The Hall–Kier alpha value is -1.59. The van der Waals surface area contributed by atoms with E-state index in [1.165, 1.54) is 0 Å². The smallest absolute Gasteiger partial charge is 0.171 e. The van der Waals surface area contributed by atoms with Gasteiger partial charge in [0.25, 0.3) is 0 Å². The maximum Gasteiger partial charge on any atom is 0.171 e. The third-order valence-corrected chi connectivity index (χ3v) is 2.93. The van der Waals surface area contributed by atoms with Crippen molar-refractivity contribution in [3.8, 4) is 0 Å². The molecule has 0 atom stereocenters. The van der Waals surface area contributed by atoms with E-state index in [9.17, 15) is 0 Å². The molecule has 1 aromatic heterocycles. The van der Waals surface area contributed by atoms with Crippen molar-refractivity contribution in [2.75, 3.05) is 12.4 Å². The van der Waals surface area contributed by atoms with Crippen molar-refractivity contribution in [3.63, 3.8) is 0 Å². The average molecular weight is 281 g/mol. The molecule has 94 valence electrons. The summed E-state index contributed by atoms with van der Waals surface area (Å²) in [5.74, 6) is 0.725. The molecule has 0 spiro atoms. The third-order valence-electron chi connectivity index (χ3n) is 2.37. The molecule has 2 aromatic rings. The zero-order chi connectivity index (χ0) is 13.0. The van der Waals surface area contributed by atoms with Crippen LogP contribution in [0.2, 0.25) is 5.02 Å². The molecule has 0 unspecified atom stereocenters. The number of nitrogens with one attached hydrogen (secondary N) is 2. The summed E-state index contributed by atoms with van der Waals surface area (Å²) in [6.45, 7) is 0.700. The predicted octanol–water partition coefficient (Wildman–Crippen LogP) is 2.50. The maximum absolute atomic E-state index is 5.84. The van der Waals surface area contributed by atoms with E-state index in [0.29, 0.717) is 11.7 Å². The van der Waals surface area contributed by atoms with Gasteiger partial charge in [-0.15, -0.1) is 0 Å². The summed E-state index contributed by atoms with van der Waals surface area (Å²) >= 11 is 10.8. The molecule has 2 N–H and O–H groups in total. The van der Waals surface area contributed by atoms with Crippen LogP contribution < -0.4 is 10.6 Å². The average Bonchev–Trinajstić information content (AvgIpc) is 2.79. The number of hydrogen-bond acceptors (Lipinski definition) is 2. The second kappa shape index (κ2) is 5.84. The van der Waals surface area contributed by atoms with Crippen LogP contribution in [0.3, 0.4) is 0 Å². The zero-order valence-electron chi connectivity index (χ0n) is 9.85. The Labute approximate surface area is 116 Å². The van der Waals surface area contributed by atoms with Gasteiger partial charge >= 0.3 is 0 Å². The summed E-state index contributed by atoms with van der Waals surface area (Å²) in [5, 5.41) is 11.5. The van der Waals surface area contributed by atoms with Crippen molar-refractivity contribution in [2.45, 2.75) is 6.54 Å². The minimum Gasteiger partial charge on any atom is -0.365 e. The van der Waals surface area contributed by atoms with Crippen LogP contribution in [0.4, 0.5) is 5.82 Å². The van der Waals surface area contributed by atoms with Crippen molar-refractivity contribution in [3.05, 3.63) is 47.1 Å². The molecule has 0 aliphatic heterocycles. The molecule has 0 radical (unpaired) electrons. The van der Waals surface area contributed by atoms with Gasteiger partial charge < -0.3 is 10.6 Å². The van der Waals surface area contributed by atoms with Gasteiger partial charge in [-0.25, -0.2) is 0 Å². The molecule has 2 rings (SSSR count). The lowest BCUT2D eigenvalue weighted by Crippen LogP contribution is -2.24. The normalized spacial score (nSPS) is 10.1. The first-order chi connectivity index (χ1) is 8.67. The van der Waals surface area contributed by atoms with Crippen LogP contribution in [-0.4, -0.2) is 21.9 Å². The number of anilines is 1. The van der Waals surface area contributed by atoms with E-state index in [1.807, 2.05) is 41.2 Å². The summed E-state index contributed by atoms with van der Waals surface area (Å²) < 4.78 is 1.84. The van der Waals surface area contributed by atoms with Crippen LogP contribution in [-0.2, 0) is 6.54 Å². The Bertz CT molecular complexity index is 535. The van der Waals surface area contributed by atoms with Crippen LogP contribution in [0.1, 0.15) is 5.56 Å². The molecular weight excluding hydrogens is 268 g/mol. The monoisotopic (exact) mass is 280 g/mol. The van der Waals surface area contributed by atoms with Gasteiger partial charge in [-0.3, -0.25) is 4.68 Å². The molecule has 4 nitrogen and oxygen atoms in total.